The summed E-state index contributed by atoms with van der Waals surface area (Å²) < 4.78 is 12.2. The Hall–Kier alpha value is -0.670. The van der Waals surface area contributed by atoms with Gasteiger partial charge < -0.3 is 5.73 Å². The first-order chi connectivity index (χ1) is 7.65. The number of rotatable bonds is 5. The maximum absolute atomic E-state index is 12.2. The summed E-state index contributed by atoms with van der Waals surface area (Å²) in [7, 11) is -0.856. The molecule has 0 amide bonds. The van der Waals surface area contributed by atoms with Gasteiger partial charge in [0.25, 0.3) is 0 Å². The van der Waals surface area contributed by atoms with E-state index in [2.05, 4.69) is 0 Å². The second-order valence-electron chi connectivity index (χ2n) is 4.84. The van der Waals surface area contributed by atoms with Gasteiger partial charge in [-0.2, -0.15) is 0 Å². The molecule has 2 nitrogen and oxygen atoms in total. The van der Waals surface area contributed by atoms with Crippen LogP contribution in [0.15, 0.2) is 29.2 Å². The summed E-state index contributed by atoms with van der Waals surface area (Å²) in [6.45, 7) is 2.76. The van der Waals surface area contributed by atoms with Crippen molar-refractivity contribution in [3.05, 3.63) is 29.8 Å². The lowest BCUT2D eigenvalue weighted by Crippen LogP contribution is -2.16. The number of hydrogen-bond acceptors (Lipinski definition) is 2. The lowest BCUT2D eigenvalue weighted by atomic mass is 10.1. The normalized spacial score (nSPS) is 19.4. The summed E-state index contributed by atoms with van der Waals surface area (Å²) in [5.74, 6) is 0.785. The molecule has 1 aromatic carbocycles. The largest absolute Gasteiger partial charge is 0.330 e. The number of nitrogens with two attached hydrogens (primary N) is 1. The lowest BCUT2D eigenvalue weighted by Gasteiger charge is -2.13. The first-order valence-electron chi connectivity index (χ1n) is 5.80. The molecule has 88 valence electrons. The summed E-state index contributed by atoms with van der Waals surface area (Å²) in [4.78, 5) is 0.953. The Morgan fingerprint density at radius 3 is 2.44 bits per heavy atom. The van der Waals surface area contributed by atoms with Crippen LogP contribution in [0.5, 0.6) is 0 Å². The molecule has 0 radical (unpaired) electrons. The highest BCUT2D eigenvalue weighted by molar-refractivity contribution is 7.85. The summed E-state index contributed by atoms with van der Waals surface area (Å²) in [5.41, 5.74) is 7.10. The molecule has 16 heavy (non-hydrogen) atoms. The van der Waals surface area contributed by atoms with Crippen LogP contribution in [0.4, 0.5) is 0 Å². The predicted octanol–water partition coefficient (Wildman–Crippen LogP) is 2.23. The molecule has 0 aromatic heterocycles. The van der Waals surface area contributed by atoms with Gasteiger partial charge in [-0.1, -0.05) is 17.7 Å². The molecule has 1 unspecified atom stereocenters. The van der Waals surface area contributed by atoms with Crippen LogP contribution in [0.25, 0.3) is 0 Å². The number of benzene rings is 1. The highest BCUT2D eigenvalue weighted by atomic mass is 32.2. The van der Waals surface area contributed by atoms with E-state index in [1.807, 2.05) is 31.2 Å². The van der Waals surface area contributed by atoms with Gasteiger partial charge >= 0.3 is 0 Å². The lowest BCUT2D eigenvalue weighted by molar-refractivity contribution is 0.529. The van der Waals surface area contributed by atoms with Crippen molar-refractivity contribution in [3.8, 4) is 0 Å². The summed E-state index contributed by atoms with van der Waals surface area (Å²) in [6, 6.07) is 8.00. The van der Waals surface area contributed by atoms with E-state index in [0.717, 1.165) is 17.1 Å². The van der Waals surface area contributed by atoms with Crippen LogP contribution in [-0.2, 0) is 10.8 Å². The van der Waals surface area contributed by atoms with Gasteiger partial charge in [0.1, 0.15) is 0 Å². The highest BCUT2D eigenvalue weighted by Gasteiger charge is 2.43. The maximum Gasteiger partial charge on any atom is 0.0535 e. The Kier molecular flexibility index (Phi) is 3.45. The molecule has 2 rings (SSSR count). The van der Waals surface area contributed by atoms with Gasteiger partial charge in [-0.15, -0.1) is 0 Å². The molecule has 0 spiro atoms. The van der Waals surface area contributed by atoms with Gasteiger partial charge in [-0.25, -0.2) is 0 Å². The minimum atomic E-state index is -0.856. The van der Waals surface area contributed by atoms with Crippen LogP contribution in [-0.4, -0.2) is 16.5 Å². The molecule has 1 aromatic rings. The highest BCUT2D eigenvalue weighted by Crippen LogP contribution is 2.49. The maximum atomic E-state index is 12.2. The van der Waals surface area contributed by atoms with Crippen LogP contribution < -0.4 is 5.73 Å². The van der Waals surface area contributed by atoms with E-state index in [9.17, 15) is 4.21 Å². The van der Waals surface area contributed by atoms with Crippen molar-refractivity contribution < 1.29 is 4.21 Å². The fraction of sp³-hybridized carbons (Fsp3) is 0.538. The number of hydrogen-bond donors (Lipinski definition) is 1. The fourth-order valence-electron chi connectivity index (χ4n) is 2.00. The van der Waals surface area contributed by atoms with Gasteiger partial charge in [-0.3, -0.25) is 4.21 Å². The zero-order chi connectivity index (χ0) is 11.6. The summed E-state index contributed by atoms with van der Waals surface area (Å²) in [5, 5.41) is 0. The van der Waals surface area contributed by atoms with Crippen molar-refractivity contribution in [2.75, 3.05) is 12.3 Å². The standard InChI is InChI=1S/C13H19NOS/c1-11-2-4-12(5-3-11)16(15)10-13(6-7-13)8-9-14/h2-5H,6-10,14H2,1H3. The van der Waals surface area contributed by atoms with Crippen molar-refractivity contribution in [1.82, 2.24) is 0 Å². The fourth-order valence-corrected chi connectivity index (χ4v) is 3.60. The van der Waals surface area contributed by atoms with Crippen LogP contribution in [0.1, 0.15) is 24.8 Å². The molecule has 1 saturated carbocycles. The van der Waals surface area contributed by atoms with E-state index in [0.29, 0.717) is 12.0 Å². The van der Waals surface area contributed by atoms with E-state index in [1.54, 1.807) is 0 Å². The molecule has 1 aliphatic carbocycles. The Morgan fingerprint density at radius 1 is 1.31 bits per heavy atom. The minimum absolute atomic E-state index is 0.296. The van der Waals surface area contributed by atoms with Crippen molar-refractivity contribution in [1.29, 1.82) is 0 Å². The third-order valence-electron chi connectivity index (χ3n) is 3.35. The van der Waals surface area contributed by atoms with E-state index >= 15 is 0 Å². The molecule has 0 bridgehead atoms. The molecule has 1 atom stereocenters. The van der Waals surface area contributed by atoms with Crippen molar-refractivity contribution in [2.24, 2.45) is 11.1 Å². The molecule has 2 N–H and O–H groups in total. The van der Waals surface area contributed by atoms with Crippen molar-refractivity contribution in [2.45, 2.75) is 31.1 Å². The van der Waals surface area contributed by atoms with E-state index < -0.39 is 10.8 Å². The van der Waals surface area contributed by atoms with Crippen LogP contribution in [0, 0.1) is 12.3 Å². The molecule has 0 heterocycles. The second kappa shape index (κ2) is 4.68. The average Bonchev–Trinajstić information content (AvgIpc) is 2.99. The molecule has 0 saturated heterocycles. The monoisotopic (exact) mass is 237 g/mol. The predicted molar refractivity (Wildman–Crippen MR) is 67.8 cm³/mol. The third kappa shape index (κ3) is 2.71. The smallest absolute Gasteiger partial charge is 0.0535 e. The first-order valence-corrected chi connectivity index (χ1v) is 7.12. The van der Waals surface area contributed by atoms with Crippen molar-refractivity contribution >= 4 is 10.8 Å². The topological polar surface area (TPSA) is 43.1 Å². The Balaban J connectivity index is 2.00. The zero-order valence-electron chi connectivity index (χ0n) is 9.74. The van der Waals surface area contributed by atoms with Gasteiger partial charge in [0.2, 0.25) is 0 Å². The SMILES string of the molecule is Cc1ccc(S(=O)CC2(CCN)CC2)cc1. The first kappa shape index (κ1) is 11.8. The van der Waals surface area contributed by atoms with Crippen LogP contribution in [0.2, 0.25) is 0 Å². The molecule has 1 aliphatic rings. The van der Waals surface area contributed by atoms with Crippen molar-refractivity contribution in [3.63, 3.8) is 0 Å². The molecule has 3 heteroatoms. The van der Waals surface area contributed by atoms with E-state index in [4.69, 9.17) is 5.73 Å². The second-order valence-corrected chi connectivity index (χ2v) is 6.29. The average molecular weight is 237 g/mol. The Morgan fingerprint density at radius 2 is 1.94 bits per heavy atom. The minimum Gasteiger partial charge on any atom is -0.330 e. The van der Waals surface area contributed by atoms with Crippen LogP contribution >= 0.6 is 0 Å². The van der Waals surface area contributed by atoms with Crippen LogP contribution in [0.3, 0.4) is 0 Å². The van der Waals surface area contributed by atoms with Gasteiger partial charge in [-0.05, 0) is 50.3 Å². The summed E-state index contributed by atoms with van der Waals surface area (Å²) in [6.07, 6.45) is 3.41. The quantitative estimate of drug-likeness (QED) is 0.853. The molecular formula is C13H19NOS. The van der Waals surface area contributed by atoms with Gasteiger partial charge in [0.05, 0.1) is 10.8 Å². The number of aryl methyl sites for hydroxylation is 1. The molecule has 1 fully saturated rings. The van der Waals surface area contributed by atoms with E-state index in [-0.39, 0.29) is 0 Å². The summed E-state index contributed by atoms with van der Waals surface area (Å²) >= 11 is 0. The molecule has 0 aliphatic heterocycles. The third-order valence-corrected chi connectivity index (χ3v) is 5.03. The van der Waals surface area contributed by atoms with E-state index in [1.165, 1.54) is 18.4 Å². The zero-order valence-corrected chi connectivity index (χ0v) is 10.6. The Labute approximate surface area is 99.7 Å². The Bertz CT molecular complexity index is 381. The molecular weight excluding hydrogens is 218 g/mol. The van der Waals surface area contributed by atoms with Gasteiger partial charge in [0, 0.05) is 10.6 Å². The van der Waals surface area contributed by atoms with Gasteiger partial charge in [0.15, 0.2) is 0 Å².